The monoisotopic (exact) mass is 209 g/mol. The summed E-state index contributed by atoms with van der Waals surface area (Å²) in [5, 5.41) is 15.1. The summed E-state index contributed by atoms with van der Waals surface area (Å²) in [6, 6.07) is 0.454. The van der Waals surface area contributed by atoms with Crippen molar-refractivity contribution in [2.75, 3.05) is 7.05 Å². The number of nitrogens with one attached hydrogen (secondary N) is 1. The Morgan fingerprint density at radius 1 is 1.53 bits per heavy atom. The van der Waals surface area contributed by atoms with Crippen LogP contribution in [-0.4, -0.2) is 27.3 Å². The average molecular weight is 209 g/mol. The summed E-state index contributed by atoms with van der Waals surface area (Å²) in [4.78, 5) is 0. The molecule has 1 aliphatic rings. The van der Waals surface area contributed by atoms with E-state index in [4.69, 9.17) is 0 Å². The Hall–Kier alpha value is -0.970. The molecule has 2 rings (SSSR count). The van der Waals surface area contributed by atoms with Gasteiger partial charge in [0.05, 0.1) is 12.6 Å². The third-order valence-electron chi connectivity index (χ3n) is 3.39. The van der Waals surface area contributed by atoms with Crippen molar-refractivity contribution in [3.05, 3.63) is 5.82 Å². The molecular weight excluding hydrogens is 190 g/mol. The quantitative estimate of drug-likeness (QED) is 0.811. The number of hydrogen-bond donors (Lipinski definition) is 1. The number of tetrazole rings is 1. The highest BCUT2D eigenvalue weighted by Gasteiger charge is 2.37. The Kier molecular flexibility index (Phi) is 2.73. The van der Waals surface area contributed by atoms with E-state index in [-0.39, 0.29) is 0 Å². The fourth-order valence-electron chi connectivity index (χ4n) is 2.49. The van der Waals surface area contributed by atoms with E-state index in [1.54, 1.807) is 0 Å². The van der Waals surface area contributed by atoms with Crippen molar-refractivity contribution in [1.82, 2.24) is 25.5 Å². The van der Waals surface area contributed by atoms with E-state index in [9.17, 15) is 0 Å². The SMILES string of the molecule is CNCc1nnnn1C1CCCC1(C)C. The van der Waals surface area contributed by atoms with Crippen molar-refractivity contribution in [2.24, 2.45) is 5.41 Å². The van der Waals surface area contributed by atoms with Crippen LogP contribution in [0.25, 0.3) is 0 Å². The maximum atomic E-state index is 4.13. The van der Waals surface area contributed by atoms with E-state index in [1.807, 2.05) is 11.7 Å². The van der Waals surface area contributed by atoms with Gasteiger partial charge in [-0.25, -0.2) is 4.68 Å². The van der Waals surface area contributed by atoms with Crippen molar-refractivity contribution in [1.29, 1.82) is 0 Å². The smallest absolute Gasteiger partial charge is 0.165 e. The van der Waals surface area contributed by atoms with Crippen LogP contribution >= 0.6 is 0 Å². The van der Waals surface area contributed by atoms with Gasteiger partial charge >= 0.3 is 0 Å². The lowest BCUT2D eigenvalue weighted by molar-refractivity contribution is 0.234. The van der Waals surface area contributed by atoms with E-state index in [1.165, 1.54) is 19.3 Å². The van der Waals surface area contributed by atoms with Gasteiger partial charge in [0.2, 0.25) is 0 Å². The molecule has 1 aromatic heterocycles. The number of nitrogens with zero attached hydrogens (tertiary/aromatic N) is 4. The van der Waals surface area contributed by atoms with Crippen LogP contribution in [-0.2, 0) is 6.54 Å². The highest BCUT2D eigenvalue weighted by molar-refractivity contribution is 4.93. The second-order valence-electron chi connectivity index (χ2n) is 4.97. The number of aromatic nitrogens is 4. The molecule has 1 saturated carbocycles. The van der Waals surface area contributed by atoms with Crippen LogP contribution in [0.5, 0.6) is 0 Å². The van der Waals surface area contributed by atoms with Crippen LogP contribution < -0.4 is 5.32 Å². The van der Waals surface area contributed by atoms with Gasteiger partial charge in [-0.15, -0.1) is 5.10 Å². The molecule has 1 fully saturated rings. The van der Waals surface area contributed by atoms with Gasteiger partial charge in [0.15, 0.2) is 5.82 Å². The second kappa shape index (κ2) is 3.89. The highest BCUT2D eigenvalue weighted by Crippen LogP contribution is 2.45. The fourth-order valence-corrected chi connectivity index (χ4v) is 2.49. The Labute approximate surface area is 90.2 Å². The van der Waals surface area contributed by atoms with Crippen LogP contribution in [0.2, 0.25) is 0 Å². The Balaban J connectivity index is 2.25. The van der Waals surface area contributed by atoms with Crippen molar-refractivity contribution >= 4 is 0 Å². The van der Waals surface area contributed by atoms with Crippen LogP contribution in [0.3, 0.4) is 0 Å². The molecule has 0 aromatic carbocycles. The van der Waals surface area contributed by atoms with Gasteiger partial charge in [-0.3, -0.25) is 0 Å². The van der Waals surface area contributed by atoms with Gasteiger partial charge in [-0.05, 0) is 35.7 Å². The summed E-state index contributed by atoms with van der Waals surface area (Å²) in [6.07, 6.45) is 3.72. The topological polar surface area (TPSA) is 55.6 Å². The summed E-state index contributed by atoms with van der Waals surface area (Å²) >= 11 is 0. The second-order valence-corrected chi connectivity index (χ2v) is 4.97. The summed E-state index contributed by atoms with van der Waals surface area (Å²) < 4.78 is 2.00. The van der Waals surface area contributed by atoms with E-state index < -0.39 is 0 Å². The minimum absolute atomic E-state index is 0.317. The predicted octanol–water partition coefficient (Wildman–Crippen LogP) is 1.14. The van der Waals surface area contributed by atoms with Gasteiger partial charge in [0.1, 0.15) is 0 Å². The summed E-state index contributed by atoms with van der Waals surface area (Å²) in [5.41, 5.74) is 0.317. The lowest BCUT2D eigenvalue weighted by Gasteiger charge is -2.27. The highest BCUT2D eigenvalue weighted by atomic mass is 15.6. The largest absolute Gasteiger partial charge is 0.313 e. The molecule has 1 unspecified atom stereocenters. The van der Waals surface area contributed by atoms with Crippen LogP contribution in [0.4, 0.5) is 0 Å². The molecule has 5 nitrogen and oxygen atoms in total. The van der Waals surface area contributed by atoms with E-state index in [0.29, 0.717) is 11.5 Å². The zero-order chi connectivity index (χ0) is 10.9. The molecule has 0 saturated heterocycles. The van der Waals surface area contributed by atoms with E-state index in [0.717, 1.165) is 12.4 Å². The number of hydrogen-bond acceptors (Lipinski definition) is 4. The molecule has 1 aromatic rings. The molecule has 0 spiro atoms. The third-order valence-corrected chi connectivity index (χ3v) is 3.39. The molecule has 0 amide bonds. The molecule has 1 heterocycles. The zero-order valence-electron chi connectivity index (χ0n) is 9.69. The standard InChI is InChI=1S/C10H19N5/c1-10(2)6-4-5-8(10)15-9(7-11-3)12-13-14-15/h8,11H,4-7H2,1-3H3. The first-order chi connectivity index (χ1) is 7.15. The van der Waals surface area contributed by atoms with E-state index >= 15 is 0 Å². The van der Waals surface area contributed by atoms with Crippen LogP contribution in [0, 0.1) is 5.41 Å². The molecule has 0 bridgehead atoms. The molecule has 84 valence electrons. The molecule has 0 radical (unpaired) electrons. The van der Waals surface area contributed by atoms with Crippen LogP contribution in [0.15, 0.2) is 0 Å². The summed E-state index contributed by atoms with van der Waals surface area (Å²) in [7, 11) is 1.92. The lowest BCUT2D eigenvalue weighted by Crippen LogP contribution is -2.25. The molecule has 1 aliphatic carbocycles. The maximum Gasteiger partial charge on any atom is 0.165 e. The van der Waals surface area contributed by atoms with Gasteiger partial charge in [-0.2, -0.15) is 0 Å². The molecular formula is C10H19N5. The first-order valence-corrected chi connectivity index (χ1v) is 5.56. The average Bonchev–Trinajstić information content (AvgIpc) is 2.72. The first-order valence-electron chi connectivity index (χ1n) is 5.56. The van der Waals surface area contributed by atoms with Gasteiger partial charge in [0.25, 0.3) is 0 Å². The fraction of sp³-hybridized carbons (Fsp3) is 0.900. The summed E-state index contributed by atoms with van der Waals surface area (Å²) in [5.74, 6) is 0.942. The minimum Gasteiger partial charge on any atom is -0.313 e. The van der Waals surface area contributed by atoms with Crippen LogP contribution in [0.1, 0.15) is 45.0 Å². The zero-order valence-corrected chi connectivity index (χ0v) is 9.69. The molecule has 5 heteroatoms. The van der Waals surface area contributed by atoms with Crippen molar-refractivity contribution in [3.63, 3.8) is 0 Å². The van der Waals surface area contributed by atoms with Crippen molar-refractivity contribution < 1.29 is 0 Å². The van der Waals surface area contributed by atoms with Crippen molar-refractivity contribution in [3.8, 4) is 0 Å². The van der Waals surface area contributed by atoms with Gasteiger partial charge in [-0.1, -0.05) is 20.3 Å². The van der Waals surface area contributed by atoms with Gasteiger partial charge in [0, 0.05) is 0 Å². The third kappa shape index (κ3) is 1.88. The Bertz CT molecular complexity index is 330. The molecule has 1 N–H and O–H groups in total. The number of rotatable bonds is 3. The molecule has 0 aliphatic heterocycles. The minimum atomic E-state index is 0.317. The van der Waals surface area contributed by atoms with Crippen molar-refractivity contribution in [2.45, 2.75) is 45.7 Å². The Morgan fingerprint density at radius 3 is 2.93 bits per heavy atom. The lowest BCUT2D eigenvalue weighted by atomic mass is 9.87. The summed E-state index contributed by atoms with van der Waals surface area (Å²) in [6.45, 7) is 5.34. The molecule has 15 heavy (non-hydrogen) atoms. The first kappa shape index (κ1) is 10.5. The Morgan fingerprint density at radius 2 is 2.33 bits per heavy atom. The van der Waals surface area contributed by atoms with Gasteiger partial charge < -0.3 is 5.32 Å². The molecule has 1 atom stereocenters. The van der Waals surface area contributed by atoms with E-state index in [2.05, 4.69) is 34.7 Å². The maximum absolute atomic E-state index is 4.13. The normalized spacial score (nSPS) is 24.6. The predicted molar refractivity (Wildman–Crippen MR) is 57.2 cm³/mol.